The van der Waals surface area contributed by atoms with Crippen LogP contribution >= 0.6 is 0 Å². The minimum atomic E-state index is 0.648. The molecule has 0 bridgehead atoms. The SMILES string of the molecule is Cn1c2ccccc2c2c(C=O)cncc21. The smallest absolute Gasteiger partial charge is 0.152 e. The average Bonchev–Trinajstić information content (AvgIpc) is 2.64. The molecule has 0 aliphatic rings. The summed E-state index contributed by atoms with van der Waals surface area (Å²) in [6.07, 6.45) is 4.27. The van der Waals surface area contributed by atoms with Crippen LogP contribution in [0.3, 0.4) is 0 Å². The third kappa shape index (κ3) is 1.03. The Labute approximate surface area is 92.3 Å². The van der Waals surface area contributed by atoms with Crippen LogP contribution in [0.15, 0.2) is 36.7 Å². The third-order valence-electron chi connectivity index (χ3n) is 2.98. The molecule has 0 saturated heterocycles. The summed E-state index contributed by atoms with van der Waals surface area (Å²) in [6.45, 7) is 0. The van der Waals surface area contributed by atoms with Crippen LogP contribution in [0.1, 0.15) is 10.4 Å². The molecular weight excluding hydrogens is 200 g/mol. The maximum absolute atomic E-state index is 11.0. The van der Waals surface area contributed by atoms with Gasteiger partial charge in [-0.05, 0) is 6.07 Å². The second-order valence-corrected chi connectivity index (χ2v) is 3.82. The van der Waals surface area contributed by atoms with Gasteiger partial charge in [0, 0.05) is 35.1 Å². The van der Waals surface area contributed by atoms with Crippen molar-refractivity contribution in [1.82, 2.24) is 9.55 Å². The number of rotatable bonds is 1. The Kier molecular flexibility index (Phi) is 1.80. The number of aromatic nitrogens is 2. The summed E-state index contributed by atoms with van der Waals surface area (Å²) < 4.78 is 2.06. The van der Waals surface area contributed by atoms with Gasteiger partial charge in [-0.2, -0.15) is 0 Å². The molecule has 0 unspecified atom stereocenters. The lowest BCUT2D eigenvalue weighted by atomic mass is 10.1. The quantitative estimate of drug-likeness (QED) is 0.578. The van der Waals surface area contributed by atoms with Crippen molar-refractivity contribution in [3.8, 4) is 0 Å². The number of hydrogen-bond acceptors (Lipinski definition) is 2. The predicted molar refractivity (Wildman–Crippen MR) is 63.6 cm³/mol. The molecule has 2 aromatic heterocycles. The molecule has 1 aromatic carbocycles. The van der Waals surface area contributed by atoms with Crippen LogP contribution in [0.4, 0.5) is 0 Å². The highest BCUT2D eigenvalue weighted by atomic mass is 16.1. The molecule has 0 aliphatic carbocycles. The fourth-order valence-corrected chi connectivity index (χ4v) is 2.21. The highest BCUT2D eigenvalue weighted by Gasteiger charge is 2.10. The van der Waals surface area contributed by atoms with Gasteiger partial charge in [0.15, 0.2) is 6.29 Å². The van der Waals surface area contributed by atoms with E-state index in [4.69, 9.17) is 0 Å². The van der Waals surface area contributed by atoms with Crippen LogP contribution in [0.2, 0.25) is 0 Å². The summed E-state index contributed by atoms with van der Waals surface area (Å²) in [4.78, 5) is 15.1. The number of para-hydroxylation sites is 1. The van der Waals surface area contributed by atoms with Gasteiger partial charge in [0.25, 0.3) is 0 Å². The minimum absolute atomic E-state index is 0.648. The van der Waals surface area contributed by atoms with E-state index in [0.717, 1.165) is 28.1 Å². The fourth-order valence-electron chi connectivity index (χ4n) is 2.21. The molecule has 0 N–H and O–H groups in total. The summed E-state index contributed by atoms with van der Waals surface area (Å²) in [7, 11) is 1.99. The van der Waals surface area contributed by atoms with Crippen molar-refractivity contribution in [2.45, 2.75) is 0 Å². The predicted octanol–water partition coefficient (Wildman–Crippen LogP) is 2.54. The topological polar surface area (TPSA) is 34.9 Å². The van der Waals surface area contributed by atoms with Gasteiger partial charge in [0.1, 0.15) is 0 Å². The normalized spacial score (nSPS) is 11.1. The van der Waals surface area contributed by atoms with E-state index in [2.05, 4.69) is 9.55 Å². The number of pyridine rings is 1. The second-order valence-electron chi connectivity index (χ2n) is 3.82. The van der Waals surface area contributed by atoms with Gasteiger partial charge < -0.3 is 4.57 Å². The molecule has 3 nitrogen and oxygen atoms in total. The van der Waals surface area contributed by atoms with Gasteiger partial charge in [0.05, 0.1) is 11.7 Å². The van der Waals surface area contributed by atoms with Crippen molar-refractivity contribution in [2.75, 3.05) is 0 Å². The fraction of sp³-hybridized carbons (Fsp3) is 0.0769. The zero-order valence-electron chi connectivity index (χ0n) is 8.84. The van der Waals surface area contributed by atoms with E-state index >= 15 is 0 Å². The first-order valence-electron chi connectivity index (χ1n) is 5.09. The van der Waals surface area contributed by atoms with Crippen LogP contribution in [0.25, 0.3) is 21.8 Å². The van der Waals surface area contributed by atoms with Crippen molar-refractivity contribution in [1.29, 1.82) is 0 Å². The van der Waals surface area contributed by atoms with Crippen molar-refractivity contribution in [3.63, 3.8) is 0 Å². The Hall–Kier alpha value is -2.16. The summed E-state index contributed by atoms with van der Waals surface area (Å²) in [6, 6.07) is 8.06. The minimum Gasteiger partial charge on any atom is -0.342 e. The van der Waals surface area contributed by atoms with E-state index in [9.17, 15) is 4.79 Å². The number of fused-ring (bicyclic) bond motifs is 3. The first kappa shape index (κ1) is 9.09. The molecule has 0 atom stereocenters. The zero-order valence-corrected chi connectivity index (χ0v) is 8.84. The standard InChI is InChI=1S/C13H10N2O/c1-15-11-5-3-2-4-10(11)13-9(8-16)6-14-7-12(13)15/h2-8H,1H3. The number of hydrogen-bond donors (Lipinski definition) is 0. The number of nitrogens with zero attached hydrogens (tertiary/aromatic N) is 2. The summed E-state index contributed by atoms with van der Waals surface area (Å²) in [5, 5.41) is 2.09. The number of aryl methyl sites for hydroxylation is 1. The number of carbonyl (C=O) groups excluding carboxylic acids is 1. The van der Waals surface area contributed by atoms with E-state index in [0.29, 0.717) is 5.56 Å². The van der Waals surface area contributed by atoms with Gasteiger partial charge in [-0.15, -0.1) is 0 Å². The Morgan fingerprint density at radius 2 is 2.00 bits per heavy atom. The Bertz CT molecular complexity index is 698. The Morgan fingerprint density at radius 3 is 2.81 bits per heavy atom. The first-order chi connectivity index (χ1) is 7.83. The van der Waals surface area contributed by atoms with Crippen LogP contribution < -0.4 is 0 Å². The number of carbonyl (C=O) groups is 1. The molecule has 78 valence electrons. The van der Waals surface area contributed by atoms with Crippen LogP contribution in [-0.4, -0.2) is 15.8 Å². The van der Waals surface area contributed by atoms with Crippen molar-refractivity contribution in [3.05, 3.63) is 42.2 Å². The van der Waals surface area contributed by atoms with Gasteiger partial charge >= 0.3 is 0 Å². The Morgan fingerprint density at radius 1 is 1.19 bits per heavy atom. The summed E-state index contributed by atoms with van der Waals surface area (Å²) in [5.74, 6) is 0. The van der Waals surface area contributed by atoms with E-state index in [1.54, 1.807) is 12.4 Å². The maximum Gasteiger partial charge on any atom is 0.152 e. The first-order valence-corrected chi connectivity index (χ1v) is 5.09. The lowest BCUT2D eigenvalue weighted by molar-refractivity contribution is 0.112. The number of benzene rings is 1. The highest BCUT2D eigenvalue weighted by molar-refractivity contribution is 6.14. The van der Waals surface area contributed by atoms with Crippen LogP contribution in [0, 0.1) is 0 Å². The summed E-state index contributed by atoms with van der Waals surface area (Å²) >= 11 is 0. The molecule has 16 heavy (non-hydrogen) atoms. The lowest BCUT2D eigenvalue weighted by Crippen LogP contribution is -1.88. The monoisotopic (exact) mass is 210 g/mol. The zero-order chi connectivity index (χ0) is 11.1. The van der Waals surface area contributed by atoms with Gasteiger partial charge in [-0.25, -0.2) is 0 Å². The summed E-state index contributed by atoms with van der Waals surface area (Å²) in [5.41, 5.74) is 2.76. The molecule has 0 fully saturated rings. The van der Waals surface area contributed by atoms with E-state index < -0.39 is 0 Å². The molecule has 3 aromatic rings. The molecule has 0 saturated carbocycles. The van der Waals surface area contributed by atoms with Crippen molar-refractivity contribution < 1.29 is 4.79 Å². The second kappa shape index (κ2) is 3.17. The van der Waals surface area contributed by atoms with Crippen molar-refractivity contribution in [2.24, 2.45) is 7.05 Å². The molecular formula is C13H10N2O. The van der Waals surface area contributed by atoms with E-state index in [1.165, 1.54) is 0 Å². The highest BCUT2D eigenvalue weighted by Crippen LogP contribution is 2.28. The maximum atomic E-state index is 11.0. The van der Waals surface area contributed by atoms with Crippen molar-refractivity contribution >= 4 is 28.1 Å². The lowest BCUT2D eigenvalue weighted by Gasteiger charge is -1.96. The molecule has 0 radical (unpaired) electrons. The van der Waals surface area contributed by atoms with E-state index in [1.807, 2.05) is 31.3 Å². The largest absolute Gasteiger partial charge is 0.342 e. The van der Waals surface area contributed by atoms with Gasteiger partial charge in [-0.1, -0.05) is 18.2 Å². The molecule has 0 amide bonds. The molecule has 0 spiro atoms. The van der Waals surface area contributed by atoms with Gasteiger partial charge in [0.2, 0.25) is 0 Å². The third-order valence-corrected chi connectivity index (χ3v) is 2.98. The number of aldehydes is 1. The van der Waals surface area contributed by atoms with Crippen LogP contribution in [0.5, 0.6) is 0 Å². The van der Waals surface area contributed by atoms with Gasteiger partial charge in [-0.3, -0.25) is 9.78 Å². The molecule has 0 aliphatic heterocycles. The molecule has 2 heterocycles. The van der Waals surface area contributed by atoms with E-state index in [-0.39, 0.29) is 0 Å². The Balaban J connectivity index is 2.67. The molecule has 3 rings (SSSR count). The average molecular weight is 210 g/mol. The van der Waals surface area contributed by atoms with Crippen LogP contribution in [-0.2, 0) is 7.05 Å². The molecule has 3 heteroatoms.